The summed E-state index contributed by atoms with van der Waals surface area (Å²) < 4.78 is 11.4. The first-order valence-corrected chi connectivity index (χ1v) is 5.85. The summed E-state index contributed by atoms with van der Waals surface area (Å²) in [6.07, 6.45) is 4.20. The third kappa shape index (κ3) is 2.41. The van der Waals surface area contributed by atoms with E-state index in [2.05, 4.69) is 6.92 Å². The lowest BCUT2D eigenvalue weighted by Crippen LogP contribution is -2.42. The van der Waals surface area contributed by atoms with Gasteiger partial charge in [0.25, 0.3) is 0 Å². The molecule has 2 rings (SSSR count). The highest BCUT2D eigenvalue weighted by Gasteiger charge is 2.37. The fourth-order valence-electron chi connectivity index (χ4n) is 2.49. The maximum Gasteiger partial charge on any atom is 0.0763 e. The highest BCUT2D eigenvalue weighted by atomic mass is 16.5. The standard InChI is InChI=1S/C12H21NO2/c1-10(9-13)11-2-5-15-12(8-11)3-6-14-7-4-12/h2-9,13H2,1H3. The van der Waals surface area contributed by atoms with E-state index < -0.39 is 0 Å². The Morgan fingerprint density at radius 1 is 1.33 bits per heavy atom. The maximum absolute atomic E-state index is 5.98. The molecule has 0 radical (unpaired) electrons. The average molecular weight is 211 g/mol. The van der Waals surface area contributed by atoms with E-state index in [0.717, 1.165) is 45.5 Å². The molecule has 15 heavy (non-hydrogen) atoms. The topological polar surface area (TPSA) is 44.5 Å². The molecule has 0 amide bonds. The molecule has 2 saturated heterocycles. The monoisotopic (exact) mass is 211 g/mol. The van der Waals surface area contributed by atoms with Gasteiger partial charge in [0.1, 0.15) is 0 Å². The van der Waals surface area contributed by atoms with Gasteiger partial charge >= 0.3 is 0 Å². The number of hydrogen-bond acceptors (Lipinski definition) is 3. The summed E-state index contributed by atoms with van der Waals surface area (Å²) in [5.74, 6) is 0. The molecule has 3 heteroatoms. The summed E-state index contributed by atoms with van der Waals surface area (Å²) in [7, 11) is 0. The first-order valence-electron chi connectivity index (χ1n) is 5.85. The van der Waals surface area contributed by atoms with E-state index in [1.165, 1.54) is 11.1 Å². The molecule has 2 aliphatic heterocycles. The summed E-state index contributed by atoms with van der Waals surface area (Å²) in [6.45, 7) is 5.37. The molecule has 2 fully saturated rings. The van der Waals surface area contributed by atoms with Crippen molar-refractivity contribution < 1.29 is 9.47 Å². The molecule has 0 bridgehead atoms. The molecule has 0 atom stereocenters. The lowest BCUT2D eigenvalue weighted by atomic mass is 9.82. The Morgan fingerprint density at radius 3 is 2.73 bits per heavy atom. The molecule has 0 aromatic heterocycles. The van der Waals surface area contributed by atoms with E-state index >= 15 is 0 Å². The van der Waals surface area contributed by atoms with E-state index in [0.29, 0.717) is 6.54 Å². The molecule has 2 heterocycles. The first-order chi connectivity index (χ1) is 7.26. The highest BCUT2D eigenvalue weighted by Crippen LogP contribution is 2.37. The van der Waals surface area contributed by atoms with Crippen LogP contribution in [0.5, 0.6) is 0 Å². The SMILES string of the molecule is CC(CN)=C1CCOC2(CCOCC2)C1. The molecule has 0 unspecified atom stereocenters. The van der Waals surface area contributed by atoms with Gasteiger partial charge in [0, 0.05) is 32.6 Å². The van der Waals surface area contributed by atoms with Crippen LogP contribution in [0.3, 0.4) is 0 Å². The Kier molecular flexibility index (Phi) is 3.44. The summed E-state index contributed by atoms with van der Waals surface area (Å²) in [5.41, 5.74) is 8.64. The van der Waals surface area contributed by atoms with Crippen molar-refractivity contribution in [3.05, 3.63) is 11.1 Å². The summed E-state index contributed by atoms with van der Waals surface area (Å²) in [6, 6.07) is 0. The lowest BCUT2D eigenvalue weighted by molar-refractivity contribution is -0.121. The van der Waals surface area contributed by atoms with Gasteiger partial charge in [-0.15, -0.1) is 0 Å². The van der Waals surface area contributed by atoms with E-state index in [-0.39, 0.29) is 5.60 Å². The van der Waals surface area contributed by atoms with Crippen LogP contribution >= 0.6 is 0 Å². The van der Waals surface area contributed by atoms with E-state index in [1.54, 1.807) is 0 Å². The van der Waals surface area contributed by atoms with Gasteiger partial charge in [-0.05, 0) is 19.8 Å². The quantitative estimate of drug-likeness (QED) is 0.670. The van der Waals surface area contributed by atoms with Crippen LogP contribution in [0.25, 0.3) is 0 Å². The Labute approximate surface area is 91.6 Å². The summed E-state index contributed by atoms with van der Waals surface area (Å²) >= 11 is 0. The number of ether oxygens (including phenoxy) is 2. The van der Waals surface area contributed by atoms with Crippen molar-refractivity contribution in [1.82, 2.24) is 0 Å². The number of nitrogens with two attached hydrogens (primary N) is 1. The van der Waals surface area contributed by atoms with Crippen LogP contribution < -0.4 is 5.73 Å². The molecule has 1 spiro atoms. The van der Waals surface area contributed by atoms with Gasteiger partial charge in [-0.2, -0.15) is 0 Å². The molecule has 86 valence electrons. The molecule has 0 aromatic carbocycles. The van der Waals surface area contributed by atoms with Crippen molar-refractivity contribution in [1.29, 1.82) is 0 Å². The minimum absolute atomic E-state index is 0.0717. The fourth-order valence-corrected chi connectivity index (χ4v) is 2.49. The minimum Gasteiger partial charge on any atom is -0.381 e. The van der Waals surface area contributed by atoms with Crippen LogP contribution in [0.1, 0.15) is 32.6 Å². The van der Waals surface area contributed by atoms with Crippen LogP contribution in [-0.2, 0) is 9.47 Å². The highest BCUT2D eigenvalue weighted by molar-refractivity contribution is 5.18. The lowest BCUT2D eigenvalue weighted by Gasteiger charge is -2.41. The molecule has 3 nitrogen and oxygen atoms in total. The van der Waals surface area contributed by atoms with Gasteiger partial charge in [-0.1, -0.05) is 11.1 Å². The Bertz CT molecular complexity index is 249. The van der Waals surface area contributed by atoms with Crippen molar-refractivity contribution in [3.63, 3.8) is 0 Å². The minimum atomic E-state index is 0.0717. The van der Waals surface area contributed by atoms with Crippen molar-refractivity contribution in [2.45, 2.75) is 38.2 Å². The van der Waals surface area contributed by atoms with Crippen LogP contribution in [0.4, 0.5) is 0 Å². The van der Waals surface area contributed by atoms with Crippen LogP contribution in [0.15, 0.2) is 11.1 Å². The van der Waals surface area contributed by atoms with Gasteiger partial charge in [0.2, 0.25) is 0 Å². The third-order valence-electron chi connectivity index (χ3n) is 3.66. The van der Waals surface area contributed by atoms with Crippen LogP contribution in [0.2, 0.25) is 0 Å². The van der Waals surface area contributed by atoms with Gasteiger partial charge in [-0.3, -0.25) is 0 Å². The summed E-state index contributed by atoms with van der Waals surface area (Å²) in [4.78, 5) is 0. The number of rotatable bonds is 1. The second-order valence-electron chi connectivity index (χ2n) is 4.66. The predicted octanol–water partition coefficient (Wildman–Crippen LogP) is 1.62. The van der Waals surface area contributed by atoms with E-state index in [4.69, 9.17) is 15.2 Å². The zero-order valence-corrected chi connectivity index (χ0v) is 9.55. The Hall–Kier alpha value is -0.380. The molecular formula is C12H21NO2. The molecular weight excluding hydrogens is 190 g/mol. The van der Waals surface area contributed by atoms with Crippen molar-refractivity contribution >= 4 is 0 Å². The predicted molar refractivity (Wildman–Crippen MR) is 59.7 cm³/mol. The van der Waals surface area contributed by atoms with E-state index in [9.17, 15) is 0 Å². The molecule has 0 saturated carbocycles. The van der Waals surface area contributed by atoms with Gasteiger partial charge in [0.15, 0.2) is 0 Å². The average Bonchev–Trinajstić information content (AvgIpc) is 2.29. The Balaban J connectivity index is 2.09. The zero-order chi connectivity index (χ0) is 10.7. The molecule has 2 aliphatic rings. The van der Waals surface area contributed by atoms with Crippen LogP contribution in [0, 0.1) is 0 Å². The van der Waals surface area contributed by atoms with Crippen molar-refractivity contribution in [3.8, 4) is 0 Å². The molecule has 0 aromatic rings. The maximum atomic E-state index is 5.98. The van der Waals surface area contributed by atoms with Crippen molar-refractivity contribution in [2.24, 2.45) is 5.73 Å². The number of hydrogen-bond donors (Lipinski definition) is 1. The van der Waals surface area contributed by atoms with Gasteiger partial charge < -0.3 is 15.2 Å². The van der Waals surface area contributed by atoms with Crippen molar-refractivity contribution in [2.75, 3.05) is 26.4 Å². The van der Waals surface area contributed by atoms with Gasteiger partial charge in [-0.25, -0.2) is 0 Å². The normalized spacial score (nSPS) is 29.2. The second-order valence-corrected chi connectivity index (χ2v) is 4.66. The zero-order valence-electron chi connectivity index (χ0n) is 9.55. The molecule has 0 aliphatic carbocycles. The largest absolute Gasteiger partial charge is 0.381 e. The summed E-state index contributed by atoms with van der Waals surface area (Å²) in [5, 5.41) is 0. The Morgan fingerprint density at radius 2 is 2.07 bits per heavy atom. The first kappa shape index (κ1) is 11.1. The van der Waals surface area contributed by atoms with Gasteiger partial charge in [0.05, 0.1) is 12.2 Å². The van der Waals surface area contributed by atoms with E-state index in [1.807, 2.05) is 0 Å². The fraction of sp³-hybridized carbons (Fsp3) is 0.833. The second kappa shape index (κ2) is 4.64. The third-order valence-corrected chi connectivity index (χ3v) is 3.66. The molecule has 2 N–H and O–H groups in total. The smallest absolute Gasteiger partial charge is 0.0763 e. The van der Waals surface area contributed by atoms with Crippen LogP contribution in [-0.4, -0.2) is 32.0 Å².